The fourth-order valence-corrected chi connectivity index (χ4v) is 0.407. The van der Waals surface area contributed by atoms with Gasteiger partial charge >= 0.3 is 29.6 Å². The summed E-state index contributed by atoms with van der Waals surface area (Å²) in [5.41, 5.74) is 0. The Balaban J connectivity index is 0. The molecule has 0 saturated carbocycles. The van der Waals surface area contributed by atoms with Crippen LogP contribution in [0, 0.1) is 0 Å². The van der Waals surface area contributed by atoms with Gasteiger partial charge in [0, 0.05) is 0 Å². The van der Waals surface area contributed by atoms with E-state index in [1.807, 2.05) is 6.92 Å². The Morgan fingerprint density at radius 1 is 1.57 bits per heavy atom. The third-order valence-corrected chi connectivity index (χ3v) is 0.695. The predicted molar refractivity (Wildman–Crippen MR) is 24.4 cm³/mol. The van der Waals surface area contributed by atoms with Crippen molar-refractivity contribution in [1.29, 1.82) is 0 Å². The van der Waals surface area contributed by atoms with Gasteiger partial charge in [0.25, 0.3) is 0 Å². The first kappa shape index (κ1) is 10.9. The van der Waals surface area contributed by atoms with Crippen molar-refractivity contribution in [3.05, 3.63) is 0 Å². The zero-order chi connectivity index (χ0) is 4.99. The molecule has 0 amide bonds. The van der Waals surface area contributed by atoms with Gasteiger partial charge in [0.1, 0.15) is 0 Å². The summed E-state index contributed by atoms with van der Waals surface area (Å²) in [5.74, 6) is 0. The van der Waals surface area contributed by atoms with Crippen LogP contribution in [0.3, 0.4) is 0 Å². The second kappa shape index (κ2) is 6.96. The molecule has 0 aliphatic heterocycles. The van der Waals surface area contributed by atoms with E-state index in [-0.39, 0.29) is 35.7 Å². The summed E-state index contributed by atoms with van der Waals surface area (Å²) in [6.45, 7) is 3.72. The molecule has 0 spiro atoms. The molecule has 0 unspecified atom stereocenters. The van der Waals surface area contributed by atoms with Gasteiger partial charge in [-0.25, -0.2) is 0 Å². The maximum Gasteiger partial charge on any atom is 1.00 e. The van der Waals surface area contributed by atoms with Gasteiger partial charge in [-0.1, -0.05) is 26.7 Å². The van der Waals surface area contributed by atoms with E-state index in [2.05, 4.69) is 0 Å². The van der Waals surface area contributed by atoms with Gasteiger partial charge in [-0.2, -0.15) is 0 Å². The largest absolute Gasteiger partial charge is 1.00 e. The minimum atomic E-state index is -0.352. The molecule has 0 fully saturated rings. The molecule has 0 radical (unpaired) electrons. The normalized spacial score (nSPS) is 12.4. The van der Waals surface area contributed by atoms with Gasteiger partial charge in [-0.05, 0) is 0 Å². The van der Waals surface area contributed by atoms with Crippen molar-refractivity contribution in [2.45, 2.75) is 32.8 Å². The van der Waals surface area contributed by atoms with Crippen molar-refractivity contribution in [1.82, 2.24) is 0 Å². The molecule has 0 aliphatic carbocycles. The number of rotatable bonds is 2. The molecule has 2 heteroatoms. The molecule has 0 rings (SSSR count). The third kappa shape index (κ3) is 10.9. The summed E-state index contributed by atoms with van der Waals surface area (Å²) in [7, 11) is 0. The fraction of sp³-hybridized carbons (Fsp3) is 1.00. The Hall–Kier alpha value is 0.960. The van der Waals surface area contributed by atoms with E-state index < -0.39 is 0 Å². The molecule has 1 atom stereocenters. The van der Waals surface area contributed by atoms with Crippen molar-refractivity contribution in [2.24, 2.45) is 0 Å². The first-order valence-corrected chi connectivity index (χ1v) is 2.43. The summed E-state index contributed by atoms with van der Waals surface area (Å²) in [5, 5.41) is 10.1. The Morgan fingerprint density at radius 3 is 2.00 bits per heavy atom. The smallest absolute Gasteiger partial charge is 0.852 e. The predicted octanol–water partition coefficient (Wildman–Crippen LogP) is -2.46. The van der Waals surface area contributed by atoms with E-state index in [0.29, 0.717) is 0 Å². The van der Waals surface area contributed by atoms with Gasteiger partial charge in [0.15, 0.2) is 0 Å². The maximum atomic E-state index is 10.1. The molecule has 0 aromatic rings. The van der Waals surface area contributed by atoms with E-state index in [1.165, 1.54) is 0 Å². The minimum absolute atomic E-state index is 0. The summed E-state index contributed by atoms with van der Waals surface area (Å²) in [6.07, 6.45) is 1.49. The molecule has 0 aromatic heterocycles. The fourth-order valence-electron chi connectivity index (χ4n) is 0.407. The molecule has 0 N–H and O–H groups in total. The Bertz CT molecular complexity index is 29.3. The zero-order valence-electron chi connectivity index (χ0n) is 5.40. The van der Waals surface area contributed by atoms with Gasteiger partial charge in [-0.15, -0.1) is 6.10 Å². The molecule has 0 saturated heterocycles. The first-order chi connectivity index (χ1) is 2.77. The van der Waals surface area contributed by atoms with Crippen LogP contribution < -0.4 is 34.7 Å². The van der Waals surface area contributed by atoms with Crippen molar-refractivity contribution in [2.75, 3.05) is 0 Å². The second-order valence-electron chi connectivity index (χ2n) is 1.60. The summed E-state index contributed by atoms with van der Waals surface area (Å²) >= 11 is 0. The molecule has 1 nitrogen and oxygen atoms in total. The quantitative estimate of drug-likeness (QED) is 0.361. The number of hydrogen-bond acceptors (Lipinski definition) is 1. The Kier molecular flexibility index (Phi) is 10.8. The summed E-state index contributed by atoms with van der Waals surface area (Å²) in [4.78, 5) is 0. The molecule has 0 aliphatic rings. The van der Waals surface area contributed by atoms with E-state index in [1.54, 1.807) is 6.92 Å². The maximum absolute atomic E-state index is 10.1. The van der Waals surface area contributed by atoms with Crippen LogP contribution in [0.25, 0.3) is 0 Å². The van der Waals surface area contributed by atoms with Gasteiger partial charge < -0.3 is 5.11 Å². The van der Waals surface area contributed by atoms with E-state index in [9.17, 15) is 5.11 Å². The SMILES string of the molecule is CCC[C@H](C)[O-].[Na+]. The van der Waals surface area contributed by atoms with Gasteiger partial charge in [0.2, 0.25) is 0 Å². The van der Waals surface area contributed by atoms with Crippen molar-refractivity contribution in [3.8, 4) is 0 Å². The molecule has 7 heavy (non-hydrogen) atoms. The Morgan fingerprint density at radius 2 is 2.00 bits per heavy atom. The van der Waals surface area contributed by atoms with E-state index in [4.69, 9.17) is 0 Å². The van der Waals surface area contributed by atoms with Crippen molar-refractivity contribution >= 4 is 0 Å². The van der Waals surface area contributed by atoms with E-state index in [0.717, 1.165) is 12.8 Å². The summed E-state index contributed by atoms with van der Waals surface area (Å²) in [6, 6.07) is 0. The van der Waals surface area contributed by atoms with Crippen LogP contribution in [0.4, 0.5) is 0 Å². The minimum Gasteiger partial charge on any atom is -0.852 e. The molecular formula is C5H11NaO. The molecule has 0 bridgehead atoms. The van der Waals surface area contributed by atoms with E-state index >= 15 is 0 Å². The molecule has 0 aromatic carbocycles. The molecule has 38 valence electrons. The van der Waals surface area contributed by atoms with Crippen molar-refractivity contribution < 1.29 is 34.7 Å². The van der Waals surface area contributed by atoms with Crippen LogP contribution in [0.5, 0.6) is 0 Å². The second-order valence-corrected chi connectivity index (χ2v) is 1.60. The first-order valence-electron chi connectivity index (χ1n) is 2.43. The molecular weight excluding hydrogens is 99.0 g/mol. The third-order valence-electron chi connectivity index (χ3n) is 0.695. The van der Waals surface area contributed by atoms with Crippen molar-refractivity contribution in [3.63, 3.8) is 0 Å². The van der Waals surface area contributed by atoms with Crippen LogP contribution in [-0.4, -0.2) is 6.10 Å². The topological polar surface area (TPSA) is 23.1 Å². The zero-order valence-corrected chi connectivity index (χ0v) is 7.40. The van der Waals surface area contributed by atoms with Crippen LogP contribution in [0.15, 0.2) is 0 Å². The van der Waals surface area contributed by atoms with Gasteiger partial charge in [-0.3, -0.25) is 0 Å². The van der Waals surface area contributed by atoms with Gasteiger partial charge in [0.05, 0.1) is 0 Å². The standard InChI is InChI=1S/C5H11O.Na/c1-3-4-5(2)6;/h5H,3-4H2,1-2H3;/q-1;+1/t5-;/m0./s1. The average molecular weight is 110 g/mol. The van der Waals surface area contributed by atoms with Crippen LogP contribution in [0.1, 0.15) is 26.7 Å². The summed E-state index contributed by atoms with van der Waals surface area (Å²) < 4.78 is 0. The van der Waals surface area contributed by atoms with Crippen LogP contribution >= 0.6 is 0 Å². The molecule has 0 heterocycles. The average Bonchev–Trinajstić information content (AvgIpc) is 1.35. The number of hydrogen-bond donors (Lipinski definition) is 0. The monoisotopic (exact) mass is 110 g/mol. The van der Waals surface area contributed by atoms with Crippen LogP contribution in [-0.2, 0) is 0 Å². The van der Waals surface area contributed by atoms with Crippen LogP contribution in [0.2, 0.25) is 0 Å². The Labute approximate surface area is 67.4 Å².